The fourth-order valence-electron chi connectivity index (χ4n) is 4.09. The van der Waals surface area contributed by atoms with E-state index in [0.717, 1.165) is 11.1 Å². The standard InChI is InChI=1S/C26H28N2O6/c1-30-19-11-10-17(12-20(19)34-15-16-8-6-5-7-9-16)24-23(27)26(29)28(24)18-13-21(31-2)25(33-4)22(14-18)32-3/h5-14,23-24H,15,27H2,1-4H3/t23-,24-/m0/s1. The van der Waals surface area contributed by atoms with Crippen LogP contribution in [0.5, 0.6) is 28.7 Å². The number of carbonyl (C=O) groups excluding carboxylic acids is 1. The summed E-state index contributed by atoms with van der Waals surface area (Å²) in [7, 11) is 6.18. The van der Waals surface area contributed by atoms with E-state index in [4.69, 9.17) is 29.4 Å². The van der Waals surface area contributed by atoms with Crippen molar-refractivity contribution in [3.8, 4) is 28.7 Å². The highest BCUT2D eigenvalue weighted by Crippen LogP contribution is 2.46. The summed E-state index contributed by atoms with van der Waals surface area (Å²) in [5.41, 5.74) is 8.71. The Morgan fingerprint density at radius 2 is 1.44 bits per heavy atom. The largest absolute Gasteiger partial charge is 0.493 e. The van der Waals surface area contributed by atoms with E-state index in [1.165, 1.54) is 21.3 Å². The van der Waals surface area contributed by atoms with Crippen LogP contribution in [-0.4, -0.2) is 40.4 Å². The minimum atomic E-state index is -0.700. The molecule has 0 aliphatic carbocycles. The first-order valence-electron chi connectivity index (χ1n) is 10.8. The van der Waals surface area contributed by atoms with Crippen LogP contribution in [0.2, 0.25) is 0 Å². The summed E-state index contributed by atoms with van der Waals surface area (Å²) in [6.45, 7) is 0.382. The highest BCUT2D eigenvalue weighted by atomic mass is 16.5. The molecule has 0 bridgehead atoms. The van der Waals surface area contributed by atoms with Gasteiger partial charge in [-0.1, -0.05) is 36.4 Å². The molecule has 0 saturated carbocycles. The van der Waals surface area contributed by atoms with Gasteiger partial charge in [0.2, 0.25) is 11.7 Å². The first-order chi connectivity index (χ1) is 16.5. The van der Waals surface area contributed by atoms with E-state index >= 15 is 0 Å². The molecular formula is C26H28N2O6. The predicted molar refractivity (Wildman–Crippen MR) is 128 cm³/mol. The third kappa shape index (κ3) is 4.20. The summed E-state index contributed by atoms with van der Waals surface area (Å²) in [6.07, 6.45) is 0. The smallest absolute Gasteiger partial charge is 0.247 e. The maximum atomic E-state index is 12.9. The van der Waals surface area contributed by atoms with Gasteiger partial charge in [0.15, 0.2) is 23.0 Å². The number of amides is 1. The van der Waals surface area contributed by atoms with Gasteiger partial charge in [0.1, 0.15) is 12.6 Å². The number of β-lactam (4-membered cyclic amide) rings is 1. The molecule has 3 aromatic rings. The SMILES string of the molecule is COc1ccc([C@H]2[C@H](N)C(=O)N2c2cc(OC)c(OC)c(OC)c2)cc1OCc1ccccc1. The van der Waals surface area contributed by atoms with Crippen LogP contribution in [0, 0.1) is 0 Å². The van der Waals surface area contributed by atoms with Crippen molar-refractivity contribution in [2.75, 3.05) is 33.3 Å². The number of carbonyl (C=O) groups is 1. The number of hydrogen-bond acceptors (Lipinski definition) is 7. The third-order valence-electron chi connectivity index (χ3n) is 5.83. The Bertz CT molecular complexity index is 1140. The van der Waals surface area contributed by atoms with Gasteiger partial charge in [-0.3, -0.25) is 4.79 Å². The van der Waals surface area contributed by atoms with Gasteiger partial charge in [-0.2, -0.15) is 0 Å². The Morgan fingerprint density at radius 1 is 0.794 bits per heavy atom. The molecule has 0 unspecified atom stereocenters. The van der Waals surface area contributed by atoms with Crippen LogP contribution < -0.4 is 34.3 Å². The molecule has 2 N–H and O–H groups in total. The van der Waals surface area contributed by atoms with E-state index in [2.05, 4.69) is 0 Å². The van der Waals surface area contributed by atoms with E-state index in [1.807, 2.05) is 48.5 Å². The van der Waals surface area contributed by atoms with Crippen LogP contribution >= 0.6 is 0 Å². The van der Waals surface area contributed by atoms with E-state index in [0.29, 0.717) is 41.0 Å². The van der Waals surface area contributed by atoms with Crippen molar-refractivity contribution in [1.82, 2.24) is 0 Å². The molecule has 8 heteroatoms. The molecular weight excluding hydrogens is 436 g/mol. The average molecular weight is 465 g/mol. The van der Waals surface area contributed by atoms with Crippen molar-refractivity contribution in [3.63, 3.8) is 0 Å². The molecule has 1 saturated heterocycles. The highest BCUT2D eigenvalue weighted by molar-refractivity contribution is 6.06. The normalized spacial score (nSPS) is 17.1. The molecule has 1 heterocycles. The molecule has 3 aromatic carbocycles. The van der Waals surface area contributed by atoms with E-state index in [-0.39, 0.29) is 5.91 Å². The van der Waals surface area contributed by atoms with Crippen molar-refractivity contribution in [3.05, 3.63) is 71.8 Å². The number of nitrogens with two attached hydrogens (primary N) is 1. The summed E-state index contributed by atoms with van der Waals surface area (Å²) in [4.78, 5) is 14.5. The van der Waals surface area contributed by atoms with Crippen LogP contribution in [0.15, 0.2) is 60.7 Å². The molecule has 2 atom stereocenters. The summed E-state index contributed by atoms with van der Waals surface area (Å²) in [5.74, 6) is 2.31. The first kappa shape index (κ1) is 23.3. The number of benzene rings is 3. The van der Waals surface area contributed by atoms with Gasteiger partial charge in [-0.05, 0) is 23.3 Å². The first-order valence-corrected chi connectivity index (χ1v) is 10.8. The number of rotatable bonds is 9. The number of methoxy groups -OCH3 is 4. The minimum Gasteiger partial charge on any atom is -0.493 e. The third-order valence-corrected chi connectivity index (χ3v) is 5.83. The molecule has 178 valence electrons. The summed E-state index contributed by atoms with van der Waals surface area (Å²) < 4.78 is 27.8. The molecule has 1 fully saturated rings. The molecule has 1 aliphatic rings. The minimum absolute atomic E-state index is 0.207. The van der Waals surface area contributed by atoms with Crippen LogP contribution in [0.25, 0.3) is 0 Å². The van der Waals surface area contributed by atoms with Crippen LogP contribution in [0.3, 0.4) is 0 Å². The molecule has 0 aromatic heterocycles. The number of ether oxygens (including phenoxy) is 5. The molecule has 0 radical (unpaired) electrons. The molecule has 8 nitrogen and oxygen atoms in total. The number of hydrogen-bond donors (Lipinski definition) is 1. The molecule has 1 amide bonds. The predicted octanol–water partition coefficient (Wildman–Crippen LogP) is 3.72. The summed E-state index contributed by atoms with van der Waals surface area (Å²) in [5, 5.41) is 0. The number of nitrogens with zero attached hydrogens (tertiary/aromatic N) is 1. The van der Waals surface area contributed by atoms with Crippen LogP contribution in [-0.2, 0) is 11.4 Å². The Morgan fingerprint density at radius 3 is 2.03 bits per heavy atom. The van der Waals surface area contributed by atoms with Gasteiger partial charge in [-0.15, -0.1) is 0 Å². The van der Waals surface area contributed by atoms with Crippen molar-refractivity contribution in [2.45, 2.75) is 18.7 Å². The second-order valence-electron chi connectivity index (χ2n) is 7.75. The monoisotopic (exact) mass is 464 g/mol. The Balaban J connectivity index is 1.67. The Kier molecular flexibility index (Phi) is 6.79. The van der Waals surface area contributed by atoms with E-state index in [1.54, 1.807) is 24.1 Å². The van der Waals surface area contributed by atoms with Gasteiger partial charge in [0.25, 0.3) is 0 Å². The zero-order valence-corrected chi connectivity index (χ0v) is 19.6. The van der Waals surface area contributed by atoms with Crippen LogP contribution in [0.1, 0.15) is 17.2 Å². The highest BCUT2D eigenvalue weighted by Gasteiger charge is 2.47. The van der Waals surface area contributed by atoms with Crippen molar-refractivity contribution >= 4 is 11.6 Å². The van der Waals surface area contributed by atoms with Gasteiger partial charge < -0.3 is 34.3 Å². The van der Waals surface area contributed by atoms with E-state index < -0.39 is 12.1 Å². The maximum Gasteiger partial charge on any atom is 0.247 e. The average Bonchev–Trinajstić information content (AvgIpc) is 2.89. The fourth-order valence-corrected chi connectivity index (χ4v) is 4.09. The molecule has 34 heavy (non-hydrogen) atoms. The van der Waals surface area contributed by atoms with E-state index in [9.17, 15) is 4.79 Å². The second-order valence-corrected chi connectivity index (χ2v) is 7.75. The molecule has 1 aliphatic heterocycles. The zero-order chi connectivity index (χ0) is 24.2. The summed E-state index contributed by atoms with van der Waals surface area (Å²) >= 11 is 0. The Labute approximate surface area is 198 Å². The van der Waals surface area contributed by atoms with Crippen molar-refractivity contribution in [2.24, 2.45) is 5.73 Å². The lowest BCUT2D eigenvalue weighted by molar-refractivity contribution is -0.126. The summed E-state index contributed by atoms with van der Waals surface area (Å²) in [6, 6.07) is 17.8. The van der Waals surface area contributed by atoms with Crippen LogP contribution in [0.4, 0.5) is 5.69 Å². The number of anilines is 1. The molecule has 4 rings (SSSR count). The lowest BCUT2D eigenvalue weighted by Crippen LogP contribution is -2.63. The van der Waals surface area contributed by atoms with Gasteiger partial charge >= 0.3 is 0 Å². The van der Waals surface area contributed by atoms with Gasteiger partial charge in [-0.25, -0.2) is 0 Å². The van der Waals surface area contributed by atoms with Gasteiger partial charge in [0, 0.05) is 12.1 Å². The quantitative estimate of drug-likeness (QED) is 0.483. The van der Waals surface area contributed by atoms with Crippen molar-refractivity contribution < 1.29 is 28.5 Å². The second kappa shape index (κ2) is 9.93. The topological polar surface area (TPSA) is 92.5 Å². The fraction of sp³-hybridized carbons (Fsp3) is 0.269. The Hall–Kier alpha value is -3.91. The lowest BCUT2D eigenvalue weighted by Gasteiger charge is -2.45. The maximum absolute atomic E-state index is 12.9. The van der Waals surface area contributed by atoms with Gasteiger partial charge in [0.05, 0.1) is 40.2 Å². The zero-order valence-electron chi connectivity index (χ0n) is 19.6. The molecule has 0 spiro atoms. The van der Waals surface area contributed by atoms with Crippen molar-refractivity contribution in [1.29, 1.82) is 0 Å². The lowest BCUT2D eigenvalue weighted by atomic mass is 9.88.